The van der Waals surface area contributed by atoms with E-state index in [9.17, 15) is 0 Å². The minimum atomic E-state index is 0.383. The molecule has 0 spiro atoms. The fourth-order valence-electron chi connectivity index (χ4n) is 2.21. The van der Waals surface area contributed by atoms with Gasteiger partial charge >= 0.3 is 0 Å². The Morgan fingerprint density at radius 1 is 1.27 bits per heavy atom. The number of rotatable bonds is 6. The molecule has 0 aliphatic carbocycles. The van der Waals surface area contributed by atoms with E-state index in [1.807, 2.05) is 31.2 Å². The van der Waals surface area contributed by atoms with E-state index >= 15 is 0 Å². The lowest BCUT2D eigenvalue weighted by Crippen LogP contribution is -2.10. The average Bonchev–Trinajstić information content (AvgIpc) is 2.99. The van der Waals surface area contributed by atoms with Crippen molar-refractivity contribution in [2.75, 3.05) is 12.1 Å². The van der Waals surface area contributed by atoms with Gasteiger partial charge in [-0.05, 0) is 55.5 Å². The molecule has 26 heavy (non-hydrogen) atoms. The predicted molar refractivity (Wildman–Crippen MR) is 107 cm³/mol. The van der Waals surface area contributed by atoms with Crippen LogP contribution in [0.1, 0.15) is 12.5 Å². The average molecular weight is 408 g/mol. The molecule has 0 aliphatic heterocycles. The lowest BCUT2D eigenvalue weighted by atomic mass is 10.2. The van der Waals surface area contributed by atoms with Gasteiger partial charge in [0, 0.05) is 16.1 Å². The van der Waals surface area contributed by atoms with E-state index in [1.54, 1.807) is 29.1 Å². The number of H-pyrrole nitrogens is 1. The molecule has 1 heterocycles. The Kier molecular flexibility index (Phi) is 5.92. The largest absolute Gasteiger partial charge is 0.494 e. The smallest absolute Gasteiger partial charge is 0.216 e. The number of benzene rings is 2. The highest BCUT2D eigenvalue weighted by molar-refractivity contribution is 7.71. The van der Waals surface area contributed by atoms with Crippen LogP contribution in [-0.2, 0) is 0 Å². The molecule has 0 aliphatic rings. The van der Waals surface area contributed by atoms with Crippen LogP contribution in [0.25, 0.3) is 11.4 Å². The van der Waals surface area contributed by atoms with Crippen LogP contribution >= 0.6 is 35.4 Å². The standard InChI is InChI=1S/C17H15Cl2N5OS/c1-2-25-14-7-4-11(5-8-14)16-21-22-17(26)24(16)23-20-10-12-3-6-13(18)9-15(12)19/h3-10,23H,2H2,1H3,(H,22,26). The maximum absolute atomic E-state index is 6.13. The Morgan fingerprint density at radius 3 is 2.73 bits per heavy atom. The Bertz CT molecular complexity index is 982. The van der Waals surface area contributed by atoms with Crippen LogP contribution in [0.5, 0.6) is 5.75 Å². The van der Waals surface area contributed by atoms with Crippen molar-refractivity contribution in [2.24, 2.45) is 5.10 Å². The molecular formula is C17H15Cl2N5OS. The molecule has 0 bridgehead atoms. The zero-order valence-corrected chi connectivity index (χ0v) is 16.1. The number of hydrazone groups is 1. The van der Waals surface area contributed by atoms with Crippen LogP contribution in [0, 0.1) is 4.77 Å². The van der Waals surface area contributed by atoms with Crippen molar-refractivity contribution < 1.29 is 4.74 Å². The van der Waals surface area contributed by atoms with Crippen molar-refractivity contribution >= 4 is 41.6 Å². The van der Waals surface area contributed by atoms with Gasteiger partial charge in [0.2, 0.25) is 4.77 Å². The van der Waals surface area contributed by atoms with Crippen molar-refractivity contribution in [2.45, 2.75) is 6.92 Å². The lowest BCUT2D eigenvalue weighted by Gasteiger charge is -2.07. The van der Waals surface area contributed by atoms with E-state index in [4.69, 9.17) is 40.2 Å². The van der Waals surface area contributed by atoms with Gasteiger partial charge in [-0.3, -0.25) is 0 Å². The molecular weight excluding hydrogens is 393 g/mol. The third kappa shape index (κ3) is 4.24. The number of hydrogen-bond donors (Lipinski definition) is 2. The second-order valence-electron chi connectivity index (χ2n) is 5.17. The number of halogens is 2. The first kappa shape index (κ1) is 18.4. The summed E-state index contributed by atoms with van der Waals surface area (Å²) in [6, 6.07) is 12.7. The predicted octanol–water partition coefficient (Wildman–Crippen LogP) is 4.89. The number of nitrogens with one attached hydrogen (secondary N) is 2. The van der Waals surface area contributed by atoms with Crippen molar-refractivity contribution in [1.29, 1.82) is 0 Å². The molecule has 134 valence electrons. The second kappa shape index (κ2) is 8.35. The van der Waals surface area contributed by atoms with E-state index < -0.39 is 0 Å². The minimum Gasteiger partial charge on any atom is -0.494 e. The highest BCUT2D eigenvalue weighted by atomic mass is 35.5. The molecule has 3 rings (SSSR count). The van der Waals surface area contributed by atoms with E-state index in [0.29, 0.717) is 27.2 Å². The molecule has 9 heteroatoms. The fraction of sp³-hybridized carbons (Fsp3) is 0.118. The molecule has 2 aromatic carbocycles. The van der Waals surface area contributed by atoms with Crippen molar-refractivity contribution in [3.8, 4) is 17.1 Å². The summed E-state index contributed by atoms with van der Waals surface area (Å²) < 4.78 is 7.39. The van der Waals surface area contributed by atoms with Crippen LogP contribution < -0.4 is 10.3 Å². The Labute approximate surface area is 165 Å². The van der Waals surface area contributed by atoms with E-state index in [-0.39, 0.29) is 0 Å². The SMILES string of the molecule is CCOc1ccc(-c2n[nH]c(=S)n2NN=Cc2ccc(Cl)cc2Cl)cc1. The van der Waals surface area contributed by atoms with Crippen molar-refractivity contribution in [1.82, 2.24) is 14.9 Å². The lowest BCUT2D eigenvalue weighted by molar-refractivity contribution is 0.340. The highest BCUT2D eigenvalue weighted by Gasteiger charge is 2.08. The third-order valence-corrected chi connectivity index (χ3v) is 4.26. The molecule has 1 aromatic heterocycles. The summed E-state index contributed by atoms with van der Waals surface area (Å²) in [6.07, 6.45) is 1.58. The maximum atomic E-state index is 6.13. The maximum Gasteiger partial charge on any atom is 0.216 e. The summed E-state index contributed by atoms with van der Waals surface area (Å²) in [5.41, 5.74) is 4.43. The topological polar surface area (TPSA) is 67.2 Å². The zero-order valence-electron chi connectivity index (χ0n) is 13.7. The fourth-order valence-corrected chi connectivity index (χ4v) is 2.84. The molecule has 6 nitrogen and oxygen atoms in total. The number of nitrogens with zero attached hydrogens (tertiary/aromatic N) is 3. The first-order valence-corrected chi connectivity index (χ1v) is 8.89. The van der Waals surface area contributed by atoms with Crippen molar-refractivity contribution in [3.63, 3.8) is 0 Å². The van der Waals surface area contributed by atoms with Crippen LogP contribution in [0.4, 0.5) is 0 Å². The van der Waals surface area contributed by atoms with E-state index in [0.717, 1.165) is 16.9 Å². The summed E-state index contributed by atoms with van der Waals surface area (Å²) in [6.45, 7) is 2.55. The quantitative estimate of drug-likeness (QED) is 0.346. The van der Waals surface area contributed by atoms with Gasteiger partial charge in [-0.15, -0.1) is 0 Å². The van der Waals surface area contributed by atoms with Gasteiger partial charge in [0.15, 0.2) is 5.82 Å². The molecule has 0 amide bonds. The summed E-state index contributed by atoms with van der Waals surface area (Å²) in [5, 5.41) is 12.2. The molecule has 0 saturated carbocycles. The van der Waals surface area contributed by atoms with Gasteiger partial charge in [0.05, 0.1) is 17.8 Å². The normalized spacial score (nSPS) is 11.0. The molecule has 0 radical (unpaired) electrons. The van der Waals surface area contributed by atoms with Crippen LogP contribution in [0.3, 0.4) is 0 Å². The van der Waals surface area contributed by atoms with Gasteiger partial charge in [-0.1, -0.05) is 29.3 Å². The molecule has 0 unspecified atom stereocenters. The Morgan fingerprint density at radius 2 is 2.04 bits per heavy atom. The number of hydrogen-bond acceptors (Lipinski definition) is 5. The molecule has 0 atom stereocenters. The number of ether oxygens (including phenoxy) is 1. The van der Waals surface area contributed by atoms with Crippen molar-refractivity contribution in [3.05, 3.63) is 62.8 Å². The number of aromatic nitrogens is 3. The minimum absolute atomic E-state index is 0.383. The first-order chi connectivity index (χ1) is 12.6. The summed E-state index contributed by atoms with van der Waals surface area (Å²) >= 11 is 17.3. The first-order valence-electron chi connectivity index (χ1n) is 7.73. The van der Waals surface area contributed by atoms with Gasteiger partial charge < -0.3 is 4.74 Å². The monoisotopic (exact) mass is 407 g/mol. The zero-order chi connectivity index (χ0) is 18.5. The molecule has 0 saturated heterocycles. The van der Waals surface area contributed by atoms with Gasteiger partial charge in [0.25, 0.3) is 0 Å². The Hall–Kier alpha value is -2.35. The van der Waals surface area contributed by atoms with Gasteiger partial charge in [-0.2, -0.15) is 14.9 Å². The number of aromatic amines is 1. The molecule has 0 fully saturated rings. The third-order valence-electron chi connectivity index (χ3n) is 3.42. The van der Waals surface area contributed by atoms with Gasteiger partial charge in [-0.25, -0.2) is 10.6 Å². The Balaban J connectivity index is 1.81. The van der Waals surface area contributed by atoms with E-state index in [2.05, 4.69) is 20.8 Å². The van der Waals surface area contributed by atoms with E-state index in [1.165, 1.54) is 0 Å². The summed E-state index contributed by atoms with van der Waals surface area (Å²) in [7, 11) is 0. The molecule has 3 aromatic rings. The van der Waals surface area contributed by atoms with Crippen LogP contribution in [-0.4, -0.2) is 27.7 Å². The highest BCUT2D eigenvalue weighted by Crippen LogP contribution is 2.21. The van der Waals surface area contributed by atoms with Crippen LogP contribution in [0.15, 0.2) is 47.6 Å². The second-order valence-corrected chi connectivity index (χ2v) is 6.40. The molecule has 2 N–H and O–H groups in total. The summed E-state index contributed by atoms with van der Waals surface area (Å²) in [5.74, 6) is 1.39. The summed E-state index contributed by atoms with van der Waals surface area (Å²) in [4.78, 5) is 0. The van der Waals surface area contributed by atoms with Gasteiger partial charge in [0.1, 0.15) is 5.75 Å². The van der Waals surface area contributed by atoms with Crippen LogP contribution in [0.2, 0.25) is 10.0 Å².